The summed E-state index contributed by atoms with van der Waals surface area (Å²) in [5.41, 5.74) is 0. The van der Waals surface area contributed by atoms with E-state index in [1.54, 1.807) is 0 Å². The Morgan fingerprint density at radius 2 is 1.56 bits per heavy atom. The first-order valence-corrected chi connectivity index (χ1v) is 7.08. The van der Waals surface area contributed by atoms with Crippen molar-refractivity contribution in [2.24, 2.45) is 5.92 Å². The van der Waals surface area contributed by atoms with Crippen LogP contribution in [0.15, 0.2) is 12.2 Å². The van der Waals surface area contributed by atoms with E-state index in [4.69, 9.17) is 0 Å². The lowest BCUT2D eigenvalue weighted by atomic mass is 9.93. The smallest absolute Gasteiger partial charge is 0.0351 e. The topological polar surface area (TPSA) is 0 Å². The van der Waals surface area contributed by atoms with Crippen molar-refractivity contribution < 1.29 is 0 Å². The SMILES string of the molecule is [CH2]CCC=CCCCCC(CC)CCC[CH2]. The van der Waals surface area contributed by atoms with E-state index in [1.807, 2.05) is 0 Å². The molecule has 0 saturated carbocycles. The van der Waals surface area contributed by atoms with Gasteiger partial charge in [0.05, 0.1) is 0 Å². The summed E-state index contributed by atoms with van der Waals surface area (Å²) in [6.07, 6.45) is 17.3. The van der Waals surface area contributed by atoms with Crippen LogP contribution in [0.5, 0.6) is 0 Å². The standard InChI is InChI=1S/C16H30/c1-4-7-9-10-11-12-13-15-16(6-3)14-8-5-2/h9-10,16H,1-2,4-8,11-15H2,3H3. The van der Waals surface area contributed by atoms with E-state index >= 15 is 0 Å². The maximum Gasteiger partial charge on any atom is -0.0351 e. The molecule has 0 heteroatoms. The van der Waals surface area contributed by atoms with Crippen LogP contribution in [0.1, 0.15) is 71.1 Å². The second-order valence-electron chi connectivity index (χ2n) is 4.67. The Kier molecular flexibility index (Phi) is 12.6. The van der Waals surface area contributed by atoms with Crippen molar-refractivity contribution >= 4 is 0 Å². The molecule has 16 heavy (non-hydrogen) atoms. The van der Waals surface area contributed by atoms with Crippen LogP contribution < -0.4 is 0 Å². The zero-order valence-electron chi connectivity index (χ0n) is 11.2. The quantitative estimate of drug-likeness (QED) is 0.308. The second-order valence-corrected chi connectivity index (χ2v) is 4.67. The van der Waals surface area contributed by atoms with E-state index in [0.29, 0.717) is 0 Å². The summed E-state index contributed by atoms with van der Waals surface area (Å²) < 4.78 is 0. The molecule has 0 rings (SSSR count). The van der Waals surface area contributed by atoms with Gasteiger partial charge in [-0.2, -0.15) is 0 Å². The first-order chi connectivity index (χ1) is 7.85. The van der Waals surface area contributed by atoms with Crippen LogP contribution in [0.25, 0.3) is 0 Å². The minimum absolute atomic E-state index is 0.950. The maximum atomic E-state index is 3.92. The van der Waals surface area contributed by atoms with Crippen LogP contribution >= 0.6 is 0 Å². The van der Waals surface area contributed by atoms with Crippen LogP contribution in [-0.4, -0.2) is 0 Å². The molecule has 2 radical (unpaired) electrons. The van der Waals surface area contributed by atoms with Gasteiger partial charge in [0.1, 0.15) is 0 Å². The van der Waals surface area contributed by atoms with Gasteiger partial charge >= 0.3 is 0 Å². The van der Waals surface area contributed by atoms with Gasteiger partial charge in [-0.05, 0) is 31.6 Å². The summed E-state index contributed by atoms with van der Waals surface area (Å²) in [5.74, 6) is 0.950. The van der Waals surface area contributed by atoms with Crippen LogP contribution in [-0.2, 0) is 0 Å². The van der Waals surface area contributed by atoms with Gasteiger partial charge in [-0.3, -0.25) is 0 Å². The average molecular weight is 222 g/mol. The highest BCUT2D eigenvalue weighted by molar-refractivity contribution is 4.81. The Bertz CT molecular complexity index is 146. The summed E-state index contributed by atoms with van der Waals surface area (Å²) in [6, 6.07) is 0. The highest BCUT2D eigenvalue weighted by Crippen LogP contribution is 2.19. The fourth-order valence-corrected chi connectivity index (χ4v) is 2.03. The van der Waals surface area contributed by atoms with Gasteiger partial charge in [0, 0.05) is 0 Å². The molecular formula is C16H30. The Labute approximate surface area is 104 Å². The number of hydrogen-bond donors (Lipinski definition) is 0. The fraction of sp³-hybridized carbons (Fsp3) is 0.750. The normalized spacial score (nSPS) is 13.4. The largest absolute Gasteiger partial charge is 0.0885 e. The van der Waals surface area contributed by atoms with Crippen molar-refractivity contribution in [1.29, 1.82) is 0 Å². The van der Waals surface area contributed by atoms with Crippen LogP contribution in [0, 0.1) is 19.8 Å². The van der Waals surface area contributed by atoms with E-state index in [-0.39, 0.29) is 0 Å². The first kappa shape index (κ1) is 15.7. The molecule has 0 nitrogen and oxygen atoms in total. The van der Waals surface area contributed by atoms with E-state index < -0.39 is 0 Å². The number of unbranched alkanes of at least 4 members (excludes halogenated alkanes) is 4. The first-order valence-electron chi connectivity index (χ1n) is 7.08. The molecule has 94 valence electrons. The second kappa shape index (κ2) is 12.8. The summed E-state index contributed by atoms with van der Waals surface area (Å²) in [6.45, 7) is 10.1. The average Bonchev–Trinajstić information content (AvgIpc) is 2.32. The predicted molar refractivity (Wildman–Crippen MR) is 75.2 cm³/mol. The van der Waals surface area contributed by atoms with Gasteiger partial charge in [-0.1, -0.05) is 71.4 Å². The molecule has 1 atom stereocenters. The van der Waals surface area contributed by atoms with Crippen molar-refractivity contribution in [1.82, 2.24) is 0 Å². The van der Waals surface area contributed by atoms with Gasteiger partial charge in [0.25, 0.3) is 0 Å². The van der Waals surface area contributed by atoms with Gasteiger partial charge in [-0.15, -0.1) is 0 Å². The highest BCUT2D eigenvalue weighted by Gasteiger charge is 2.04. The molecule has 0 heterocycles. The lowest BCUT2D eigenvalue weighted by Crippen LogP contribution is -1.98. The predicted octanol–water partition coefficient (Wildman–Crippen LogP) is 5.75. The zero-order chi connectivity index (χ0) is 12.1. The molecule has 0 aromatic carbocycles. The molecule has 0 fully saturated rings. The fourth-order valence-electron chi connectivity index (χ4n) is 2.03. The van der Waals surface area contributed by atoms with E-state index in [0.717, 1.165) is 25.2 Å². The van der Waals surface area contributed by atoms with E-state index in [9.17, 15) is 0 Å². The number of rotatable bonds is 11. The van der Waals surface area contributed by atoms with Crippen molar-refractivity contribution in [3.63, 3.8) is 0 Å². The molecule has 0 aromatic rings. The van der Waals surface area contributed by atoms with Gasteiger partial charge in [0.15, 0.2) is 0 Å². The molecule has 0 amide bonds. The number of allylic oxidation sites excluding steroid dienone is 2. The molecule has 0 spiro atoms. The third kappa shape index (κ3) is 10.3. The summed E-state index contributed by atoms with van der Waals surface area (Å²) >= 11 is 0. The van der Waals surface area contributed by atoms with E-state index in [2.05, 4.69) is 32.9 Å². The molecule has 0 aliphatic rings. The minimum Gasteiger partial charge on any atom is -0.0885 e. The third-order valence-corrected chi connectivity index (χ3v) is 3.21. The molecule has 0 aliphatic heterocycles. The Hall–Kier alpha value is -0.260. The third-order valence-electron chi connectivity index (χ3n) is 3.21. The summed E-state index contributed by atoms with van der Waals surface area (Å²) in [7, 11) is 0. The monoisotopic (exact) mass is 222 g/mol. The van der Waals surface area contributed by atoms with Crippen LogP contribution in [0.2, 0.25) is 0 Å². The van der Waals surface area contributed by atoms with Crippen molar-refractivity contribution in [3.05, 3.63) is 26.0 Å². The lowest BCUT2D eigenvalue weighted by molar-refractivity contribution is 0.408. The van der Waals surface area contributed by atoms with Gasteiger partial charge in [0.2, 0.25) is 0 Å². The summed E-state index contributed by atoms with van der Waals surface area (Å²) in [4.78, 5) is 0. The Morgan fingerprint density at radius 3 is 2.19 bits per heavy atom. The Morgan fingerprint density at radius 1 is 0.875 bits per heavy atom. The van der Waals surface area contributed by atoms with Crippen LogP contribution in [0.4, 0.5) is 0 Å². The molecule has 0 saturated heterocycles. The molecule has 0 bridgehead atoms. The Balaban J connectivity index is 3.33. The minimum atomic E-state index is 0.950. The van der Waals surface area contributed by atoms with Crippen molar-refractivity contribution in [2.45, 2.75) is 71.1 Å². The van der Waals surface area contributed by atoms with Gasteiger partial charge in [-0.25, -0.2) is 0 Å². The number of hydrogen-bond acceptors (Lipinski definition) is 0. The summed E-state index contributed by atoms with van der Waals surface area (Å²) in [5, 5.41) is 0. The lowest BCUT2D eigenvalue weighted by Gasteiger charge is -2.13. The van der Waals surface area contributed by atoms with Crippen LogP contribution in [0.3, 0.4) is 0 Å². The van der Waals surface area contributed by atoms with Crippen molar-refractivity contribution in [3.8, 4) is 0 Å². The maximum absolute atomic E-state index is 3.92. The molecular weight excluding hydrogens is 192 g/mol. The highest BCUT2D eigenvalue weighted by atomic mass is 14.1. The zero-order valence-corrected chi connectivity index (χ0v) is 11.2. The van der Waals surface area contributed by atoms with E-state index in [1.165, 1.54) is 44.9 Å². The molecule has 0 aromatic heterocycles. The molecule has 1 unspecified atom stereocenters. The van der Waals surface area contributed by atoms with Crippen molar-refractivity contribution in [2.75, 3.05) is 0 Å². The van der Waals surface area contributed by atoms with Gasteiger partial charge < -0.3 is 0 Å². The molecule has 0 aliphatic carbocycles. The molecule has 0 N–H and O–H groups in total.